The molecule has 1 atom stereocenters. The number of benzene rings is 3. The van der Waals surface area contributed by atoms with Crippen LogP contribution in [0.15, 0.2) is 78.9 Å². The fourth-order valence-electron chi connectivity index (χ4n) is 3.14. The monoisotopic (exact) mass is 432 g/mol. The molecule has 0 aliphatic heterocycles. The number of carbonyl (C=O) groups is 2. The van der Waals surface area contributed by atoms with Gasteiger partial charge in [-0.2, -0.15) is 0 Å². The van der Waals surface area contributed by atoms with Crippen LogP contribution in [-0.4, -0.2) is 25.2 Å². The number of hydrogen-bond acceptors (Lipinski definition) is 4. The average molecular weight is 433 g/mol. The summed E-state index contributed by atoms with van der Waals surface area (Å²) in [6.07, 6.45) is 0.311. The summed E-state index contributed by atoms with van der Waals surface area (Å²) in [4.78, 5) is 24.0. The lowest BCUT2D eigenvalue weighted by molar-refractivity contribution is 0.0526. The van der Waals surface area contributed by atoms with E-state index < -0.39 is 0 Å². The largest absolute Gasteiger partial charge is 0.486 e. The Balaban J connectivity index is 1.63. The van der Waals surface area contributed by atoms with Gasteiger partial charge in [0.1, 0.15) is 11.9 Å². The normalized spacial score (nSPS) is 11.3. The predicted octanol–water partition coefficient (Wildman–Crippen LogP) is 5.50. The van der Waals surface area contributed by atoms with Crippen molar-refractivity contribution in [2.75, 3.05) is 18.5 Å². The first-order chi connectivity index (χ1) is 15.5. The molecular formula is C26H28N2O4. The SMILES string of the molecule is CCOC(=O)c1ccc(OC(CCNC(=O)Nc2ccccc2)c2ccc(C)cc2)cc1. The van der Waals surface area contributed by atoms with Crippen molar-refractivity contribution in [3.63, 3.8) is 0 Å². The van der Waals surface area contributed by atoms with Gasteiger partial charge < -0.3 is 20.1 Å². The first-order valence-electron chi connectivity index (χ1n) is 10.7. The molecule has 166 valence electrons. The number of urea groups is 1. The Kier molecular flexibility index (Phi) is 8.26. The van der Waals surface area contributed by atoms with Gasteiger partial charge in [-0.05, 0) is 55.8 Å². The lowest BCUT2D eigenvalue weighted by atomic mass is 10.0. The number of rotatable bonds is 9. The molecule has 0 aliphatic rings. The van der Waals surface area contributed by atoms with E-state index >= 15 is 0 Å². The zero-order valence-electron chi connectivity index (χ0n) is 18.3. The zero-order valence-corrected chi connectivity index (χ0v) is 18.3. The van der Waals surface area contributed by atoms with Gasteiger partial charge in [0, 0.05) is 18.7 Å². The van der Waals surface area contributed by atoms with E-state index in [0.717, 1.165) is 16.8 Å². The van der Waals surface area contributed by atoms with Crippen molar-refractivity contribution < 1.29 is 19.1 Å². The van der Waals surface area contributed by atoms with Crippen molar-refractivity contribution >= 4 is 17.7 Å². The number of hydrogen-bond donors (Lipinski definition) is 2. The van der Waals surface area contributed by atoms with Crippen LogP contribution < -0.4 is 15.4 Å². The molecule has 2 amide bonds. The summed E-state index contributed by atoms with van der Waals surface area (Å²) < 4.78 is 11.2. The molecule has 6 heteroatoms. The predicted molar refractivity (Wildman–Crippen MR) is 125 cm³/mol. The number of carbonyl (C=O) groups excluding carboxylic acids is 2. The van der Waals surface area contributed by atoms with E-state index in [4.69, 9.17) is 9.47 Å². The molecule has 0 fully saturated rings. The van der Waals surface area contributed by atoms with Crippen LogP contribution in [0.3, 0.4) is 0 Å². The Hall–Kier alpha value is -3.80. The molecule has 2 N–H and O–H groups in total. The summed E-state index contributed by atoms with van der Waals surface area (Å²) in [6, 6.07) is 24.0. The molecule has 0 aromatic heterocycles. The highest BCUT2D eigenvalue weighted by atomic mass is 16.5. The number of anilines is 1. The van der Waals surface area contributed by atoms with Gasteiger partial charge in [0.2, 0.25) is 0 Å². The minimum atomic E-state index is -0.359. The Labute approximate surface area is 188 Å². The third-order valence-electron chi connectivity index (χ3n) is 4.82. The molecule has 3 rings (SSSR count). The number of nitrogens with one attached hydrogen (secondary N) is 2. The Morgan fingerprint density at radius 3 is 2.25 bits per heavy atom. The van der Waals surface area contributed by atoms with E-state index in [1.807, 2.05) is 61.5 Å². The smallest absolute Gasteiger partial charge is 0.338 e. The van der Waals surface area contributed by atoms with Crippen molar-refractivity contribution in [1.29, 1.82) is 0 Å². The summed E-state index contributed by atoms with van der Waals surface area (Å²) in [6.45, 7) is 4.56. The standard InChI is InChI=1S/C26H28N2O4/c1-3-31-25(29)21-13-15-23(16-14-21)32-24(20-11-9-19(2)10-12-20)17-18-27-26(30)28-22-7-5-4-6-8-22/h4-16,24H,3,17-18H2,1-2H3,(H2,27,28,30). The van der Waals surface area contributed by atoms with E-state index in [1.54, 1.807) is 31.2 Å². The zero-order chi connectivity index (χ0) is 22.8. The highest BCUT2D eigenvalue weighted by molar-refractivity contribution is 5.89. The van der Waals surface area contributed by atoms with Crippen molar-refractivity contribution in [2.24, 2.45) is 0 Å². The molecule has 1 unspecified atom stereocenters. The quantitative estimate of drug-likeness (QED) is 0.438. The third-order valence-corrected chi connectivity index (χ3v) is 4.82. The Morgan fingerprint density at radius 2 is 1.59 bits per heavy atom. The number of para-hydroxylation sites is 1. The lowest BCUT2D eigenvalue weighted by Gasteiger charge is -2.20. The number of amides is 2. The van der Waals surface area contributed by atoms with Gasteiger partial charge in [-0.3, -0.25) is 0 Å². The second-order valence-electron chi connectivity index (χ2n) is 7.30. The summed E-state index contributed by atoms with van der Waals surface area (Å²) in [7, 11) is 0. The van der Waals surface area contributed by atoms with E-state index in [1.165, 1.54) is 0 Å². The topological polar surface area (TPSA) is 76.7 Å². The fraction of sp³-hybridized carbons (Fsp3) is 0.231. The van der Waals surface area contributed by atoms with E-state index in [9.17, 15) is 9.59 Å². The second kappa shape index (κ2) is 11.6. The van der Waals surface area contributed by atoms with Crippen LogP contribution in [0.25, 0.3) is 0 Å². The third kappa shape index (κ3) is 6.87. The number of aryl methyl sites for hydroxylation is 1. The highest BCUT2D eigenvalue weighted by Crippen LogP contribution is 2.25. The maximum Gasteiger partial charge on any atom is 0.338 e. The summed E-state index contributed by atoms with van der Waals surface area (Å²) >= 11 is 0. The van der Waals surface area contributed by atoms with Crippen LogP contribution in [-0.2, 0) is 4.74 Å². The maximum atomic E-state index is 12.2. The van der Waals surface area contributed by atoms with E-state index in [-0.39, 0.29) is 18.1 Å². The first-order valence-corrected chi connectivity index (χ1v) is 10.7. The summed E-state index contributed by atoms with van der Waals surface area (Å²) in [5.74, 6) is 0.278. The van der Waals surface area contributed by atoms with Crippen molar-refractivity contribution in [2.45, 2.75) is 26.4 Å². The summed E-state index contributed by atoms with van der Waals surface area (Å²) in [5, 5.41) is 5.68. The van der Waals surface area contributed by atoms with E-state index in [0.29, 0.717) is 30.9 Å². The minimum Gasteiger partial charge on any atom is -0.486 e. The van der Waals surface area contributed by atoms with Crippen molar-refractivity contribution in [3.05, 3.63) is 95.6 Å². The molecule has 0 saturated heterocycles. The van der Waals surface area contributed by atoms with E-state index in [2.05, 4.69) is 10.6 Å². The van der Waals surface area contributed by atoms with Crippen molar-refractivity contribution in [1.82, 2.24) is 5.32 Å². The molecule has 0 bridgehead atoms. The number of esters is 1. The molecule has 0 saturated carbocycles. The Bertz CT molecular complexity index is 1000. The van der Waals surface area contributed by atoms with Gasteiger partial charge >= 0.3 is 12.0 Å². The second-order valence-corrected chi connectivity index (χ2v) is 7.30. The lowest BCUT2D eigenvalue weighted by Crippen LogP contribution is -2.30. The molecule has 0 radical (unpaired) electrons. The van der Waals surface area contributed by atoms with Crippen LogP contribution in [0.5, 0.6) is 5.75 Å². The van der Waals surface area contributed by atoms with Gasteiger partial charge in [-0.25, -0.2) is 9.59 Å². The molecule has 0 spiro atoms. The molecule has 0 heterocycles. The van der Waals surface area contributed by atoms with Gasteiger partial charge in [0.05, 0.1) is 12.2 Å². The fourth-order valence-corrected chi connectivity index (χ4v) is 3.14. The van der Waals surface area contributed by atoms with Crippen molar-refractivity contribution in [3.8, 4) is 5.75 Å². The highest BCUT2D eigenvalue weighted by Gasteiger charge is 2.15. The number of ether oxygens (including phenoxy) is 2. The Morgan fingerprint density at radius 1 is 0.906 bits per heavy atom. The first kappa shape index (κ1) is 22.9. The van der Waals surface area contributed by atoms with Gasteiger partial charge in [-0.15, -0.1) is 0 Å². The van der Waals surface area contributed by atoms with Gasteiger partial charge in [0.15, 0.2) is 0 Å². The maximum absolute atomic E-state index is 12.2. The van der Waals surface area contributed by atoms with Crippen LogP contribution in [0.4, 0.5) is 10.5 Å². The molecular weight excluding hydrogens is 404 g/mol. The van der Waals surface area contributed by atoms with Crippen LogP contribution >= 0.6 is 0 Å². The molecule has 32 heavy (non-hydrogen) atoms. The minimum absolute atomic E-state index is 0.263. The molecule has 6 nitrogen and oxygen atoms in total. The molecule has 0 aliphatic carbocycles. The van der Waals surface area contributed by atoms with Gasteiger partial charge in [-0.1, -0.05) is 48.0 Å². The van der Waals surface area contributed by atoms with Crippen LogP contribution in [0.1, 0.15) is 40.9 Å². The summed E-state index contributed by atoms with van der Waals surface area (Å²) in [5.41, 5.74) is 3.38. The molecule has 3 aromatic rings. The van der Waals surface area contributed by atoms with Gasteiger partial charge in [0.25, 0.3) is 0 Å². The average Bonchev–Trinajstić information content (AvgIpc) is 2.80. The van der Waals surface area contributed by atoms with Crippen LogP contribution in [0.2, 0.25) is 0 Å². The van der Waals surface area contributed by atoms with Crippen LogP contribution in [0, 0.1) is 6.92 Å². The molecule has 3 aromatic carbocycles.